The molecule has 2 aliphatic rings. The van der Waals surface area contributed by atoms with Gasteiger partial charge >= 0.3 is 11.9 Å². The number of likely N-dealkylation sites (N-methyl/N-ethyl adjacent to an activating group) is 1. The molecule has 0 bridgehead atoms. The number of likely N-dealkylation sites (tertiary alicyclic amines) is 1. The Bertz CT molecular complexity index is 1510. The summed E-state index contributed by atoms with van der Waals surface area (Å²) in [4.78, 5) is 45.4. The van der Waals surface area contributed by atoms with Crippen LogP contribution in [0.5, 0.6) is 11.6 Å². The van der Waals surface area contributed by atoms with Gasteiger partial charge in [-0.1, -0.05) is 13.8 Å². The van der Waals surface area contributed by atoms with Gasteiger partial charge in [-0.05, 0) is 64.8 Å². The molecule has 2 aromatic rings. The van der Waals surface area contributed by atoms with E-state index in [1.165, 1.54) is 24.5 Å². The van der Waals surface area contributed by atoms with Crippen LogP contribution in [0.25, 0.3) is 0 Å². The molecule has 0 unspecified atom stereocenters. The normalized spacial score (nSPS) is 16.6. The van der Waals surface area contributed by atoms with Crippen molar-refractivity contribution in [1.82, 2.24) is 29.9 Å². The van der Waals surface area contributed by atoms with E-state index in [4.69, 9.17) is 19.7 Å². The lowest BCUT2D eigenvalue weighted by molar-refractivity contribution is -0.134. The third-order valence-electron chi connectivity index (χ3n) is 9.31. The van der Waals surface area contributed by atoms with Crippen LogP contribution in [0.15, 0.2) is 36.7 Å². The summed E-state index contributed by atoms with van der Waals surface area (Å²) in [6.07, 6.45) is 3.84. The van der Waals surface area contributed by atoms with Gasteiger partial charge in [0.2, 0.25) is 0 Å². The molecule has 1 aromatic heterocycles. The maximum absolute atomic E-state index is 14.3. The number of aliphatic hydroxyl groups excluding tert-OH is 1. The van der Waals surface area contributed by atoms with Crippen LogP contribution in [0.2, 0.25) is 0 Å². The number of rotatable bonds is 17. The van der Waals surface area contributed by atoms with E-state index in [-0.39, 0.29) is 34.6 Å². The summed E-state index contributed by atoms with van der Waals surface area (Å²) in [7, 11) is 3.70. The minimum Gasteiger partial charge on any atom is -0.478 e. The van der Waals surface area contributed by atoms with Crippen molar-refractivity contribution in [3.8, 4) is 11.6 Å². The molecular weight excluding hydrogens is 677 g/mol. The predicted octanol–water partition coefficient (Wildman–Crippen LogP) is 3.25. The van der Waals surface area contributed by atoms with Gasteiger partial charge in [0.05, 0.1) is 18.3 Å². The van der Waals surface area contributed by atoms with Crippen LogP contribution < -0.4 is 9.64 Å². The van der Waals surface area contributed by atoms with Crippen molar-refractivity contribution in [2.24, 2.45) is 11.3 Å². The first-order valence-corrected chi connectivity index (χ1v) is 17.5. The van der Waals surface area contributed by atoms with Crippen LogP contribution in [-0.4, -0.2) is 148 Å². The molecule has 2 fully saturated rings. The Morgan fingerprint density at radius 2 is 1.77 bits per heavy atom. The van der Waals surface area contributed by atoms with E-state index in [1.54, 1.807) is 12.0 Å². The fourth-order valence-electron chi connectivity index (χ4n) is 6.76. The molecule has 16 heteroatoms. The number of halogens is 1. The Labute approximate surface area is 305 Å². The maximum atomic E-state index is 14.3. The first kappa shape index (κ1) is 42.2. The minimum atomic E-state index is -1.26. The number of carboxylic acid groups (broad SMARTS) is 2. The van der Waals surface area contributed by atoms with E-state index >= 15 is 0 Å². The molecule has 0 saturated carbocycles. The zero-order valence-electron chi connectivity index (χ0n) is 31.2. The molecule has 2 saturated heterocycles. The summed E-state index contributed by atoms with van der Waals surface area (Å²) in [5.41, 5.74) is 0.252. The molecule has 52 heavy (non-hydrogen) atoms. The van der Waals surface area contributed by atoms with Crippen molar-refractivity contribution in [3.63, 3.8) is 0 Å². The molecule has 0 aliphatic carbocycles. The number of hydrogen-bond donors (Lipinski definition) is 3. The average molecular weight is 732 g/mol. The highest BCUT2D eigenvalue weighted by molar-refractivity contribution is 5.97. The lowest BCUT2D eigenvalue weighted by atomic mass is 9.76. The monoisotopic (exact) mass is 731 g/mol. The molecule has 3 N–H and O–H groups in total. The zero-order valence-corrected chi connectivity index (χ0v) is 31.2. The zero-order chi connectivity index (χ0) is 38.6. The second-order valence-corrected chi connectivity index (χ2v) is 14.1. The largest absolute Gasteiger partial charge is 0.478 e. The fraction of sp³-hybridized carbons (Fsp3) is 0.611. The summed E-state index contributed by atoms with van der Waals surface area (Å²) in [6, 6.07) is 4.18. The lowest BCUT2D eigenvalue weighted by Gasteiger charge is -2.53. The van der Waals surface area contributed by atoms with Crippen LogP contribution in [0, 0.1) is 17.2 Å². The van der Waals surface area contributed by atoms with E-state index in [9.17, 15) is 23.9 Å². The third-order valence-corrected chi connectivity index (χ3v) is 9.31. The molecule has 4 rings (SSSR count). The topological polar surface area (TPSA) is 182 Å². The fourth-order valence-corrected chi connectivity index (χ4v) is 6.76. The van der Waals surface area contributed by atoms with Gasteiger partial charge in [-0.15, -0.1) is 10.2 Å². The Morgan fingerprint density at radius 1 is 1.10 bits per heavy atom. The lowest BCUT2D eigenvalue weighted by Crippen LogP contribution is -2.62. The van der Waals surface area contributed by atoms with E-state index in [0.29, 0.717) is 49.6 Å². The van der Waals surface area contributed by atoms with Gasteiger partial charge in [-0.2, -0.15) is 0 Å². The Kier molecular flexibility index (Phi) is 15.9. The number of carbonyl (C=O) groups excluding carboxylic acids is 1. The first-order valence-electron chi connectivity index (χ1n) is 17.5. The number of anilines is 1. The van der Waals surface area contributed by atoms with Crippen LogP contribution >= 0.6 is 0 Å². The molecule has 1 aromatic carbocycles. The molecule has 2 aliphatic heterocycles. The van der Waals surface area contributed by atoms with Gasteiger partial charge in [0, 0.05) is 82.6 Å². The Morgan fingerprint density at radius 3 is 2.35 bits per heavy atom. The number of aromatic nitrogens is 3. The summed E-state index contributed by atoms with van der Waals surface area (Å²) in [5.74, 6) is -1.95. The molecule has 0 radical (unpaired) electrons. The van der Waals surface area contributed by atoms with Gasteiger partial charge in [0.25, 0.3) is 11.8 Å². The molecule has 2 atom stereocenters. The number of ether oxygens (including phenoxy) is 2. The van der Waals surface area contributed by atoms with Crippen molar-refractivity contribution < 1.29 is 43.6 Å². The summed E-state index contributed by atoms with van der Waals surface area (Å²) < 4.78 is 25.6. The summed E-state index contributed by atoms with van der Waals surface area (Å²) >= 11 is 0. The van der Waals surface area contributed by atoms with Gasteiger partial charge in [-0.3, -0.25) is 9.69 Å². The highest BCUT2D eigenvalue weighted by atomic mass is 19.1. The molecule has 1 spiro atoms. The minimum absolute atomic E-state index is 0.0546. The van der Waals surface area contributed by atoms with Crippen LogP contribution in [0.3, 0.4) is 0 Å². The average Bonchev–Trinajstić information content (AvgIpc) is 3.52. The third kappa shape index (κ3) is 11.9. The van der Waals surface area contributed by atoms with Gasteiger partial charge in [0.1, 0.15) is 17.9 Å². The predicted molar refractivity (Wildman–Crippen MR) is 192 cm³/mol. The van der Waals surface area contributed by atoms with Gasteiger partial charge in [0.15, 0.2) is 5.82 Å². The summed E-state index contributed by atoms with van der Waals surface area (Å²) in [5, 5.41) is 34.7. The number of hydrogen-bond acceptors (Lipinski definition) is 12. The van der Waals surface area contributed by atoms with Crippen molar-refractivity contribution in [1.29, 1.82) is 0 Å². The smallest absolute Gasteiger partial charge is 0.328 e. The number of aliphatic hydroxyl groups is 1. The quantitative estimate of drug-likeness (QED) is 0.202. The number of amides is 1. The van der Waals surface area contributed by atoms with Gasteiger partial charge in [-0.25, -0.2) is 19.0 Å². The molecule has 3 heterocycles. The summed E-state index contributed by atoms with van der Waals surface area (Å²) in [6.45, 7) is 16.2. The standard InChI is InChI=1S/C32H50FN7O4.C4H4O4/c1-8-40(23(4)5)31(42)26-15-24(33)9-10-28(26)44-30-29(34-21-35-36-30)38-12-11-32(18-38)19-39(20-32)27(22(2)3)16-25(41)17-37(6)13-14-43-7;5-3(6)1-2-4(7)8/h9-10,15,21-23,25,27,41H,8,11-14,16-20H2,1-7H3;1-2H,(H,5,6)(H,7,8)/b;2-1+/t25-,27-;/m1./s1. The van der Waals surface area contributed by atoms with Crippen molar-refractivity contribution in [2.45, 2.75) is 65.6 Å². The van der Waals surface area contributed by atoms with Crippen molar-refractivity contribution in [2.75, 3.05) is 71.5 Å². The highest BCUT2D eigenvalue weighted by Gasteiger charge is 2.50. The molecular formula is C36H54FN7O8. The van der Waals surface area contributed by atoms with Crippen molar-refractivity contribution in [3.05, 3.63) is 48.1 Å². The number of benzene rings is 1. The Balaban J connectivity index is 0.000000815. The molecule has 15 nitrogen and oxygen atoms in total. The highest BCUT2D eigenvalue weighted by Crippen LogP contribution is 2.44. The number of carboxylic acids is 2. The number of methoxy groups -OCH3 is 1. The SMILES string of the molecule is CCN(C(=O)c1cc(F)ccc1Oc1nncnc1N1CCC2(C1)CN([C@H](C[C@@H](O)CN(C)CCOC)C(C)C)C2)C(C)C.O=C(O)/C=C/C(=O)O. The van der Waals surface area contributed by atoms with Crippen LogP contribution in [-0.2, 0) is 14.3 Å². The number of carbonyl (C=O) groups is 3. The van der Waals surface area contributed by atoms with Crippen LogP contribution in [0.1, 0.15) is 57.8 Å². The van der Waals surface area contributed by atoms with Crippen molar-refractivity contribution >= 4 is 23.7 Å². The number of aliphatic carboxylic acids is 2. The van der Waals surface area contributed by atoms with Crippen LogP contribution in [0.4, 0.5) is 10.2 Å². The second-order valence-electron chi connectivity index (χ2n) is 14.1. The van der Waals surface area contributed by atoms with E-state index in [0.717, 1.165) is 45.6 Å². The van der Waals surface area contributed by atoms with Gasteiger partial charge < -0.3 is 39.5 Å². The molecule has 288 valence electrons. The van der Waals surface area contributed by atoms with E-state index in [2.05, 4.69) is 43.7 Å². The van der Waals surface area contributed by atoms with E-state index in [1.807, 2.05) is 27.8 Å². The molecule has 1 amide bonds. The number of nitrogens with zero attached hydrogens (tertiary/aromatic N) is 7. The first-order chi connectivity index (χ1) is 24.6. The Hall–Kier alpha value is -4.25. The van der Waals surface area contributed by atoms with E-state index < -0.39 is 23.9 Å². The second kappa shape index (κ2) is 19.5. The maximum Gasteiger partial charge on any atom is 0.328 e.